The van der Waals surface area contributed by atoms with Crippen LogP contribution in [0.3, 0.4) is 0 Å². The van der Waals surface area contributed by atoms with Crippen LogP contribution in [0, 0.1) is 0 Å². The average molecular weight is 510 g/mol. The molecule has 30 heavy (non-hydrogen) atoms. The Morgan fingerprint density at radius 3 is 2.40 bits per heavy atom. The molecular formula is C21H22BrClN4O2S. The van der Waals surface area contributed by atoms with Crippen LogP contribution >= 0.6 is 39.7 Å². The molecule has 2 N–H and O–H groups in total. The maximum Gasteiger partial charge on any atom is 0.258 e. The van der Waals surface area contributed by atoms with Gasteiger partial charge in [0.25, 0.3) is 5.91 Å². The number of halogens is 2. The lowest BCUT2D eigenvalue weighted by Crippen LogP contribution is -2.48. The summed E-state index contributed by atoms with van der Waals surface area (Å²) in [4.78, 5) is 28.4. The molecule has 9 heteroatoms. The number of piperazine rings is 1. The fourth-order valence-corrected chi connectivity index (χ4v) is 3.97. The Kier molecular flexibility index (Phi) is 7.69. The summed E-state index contributed by atoms with van der Waals surface area (Å²) in [5.41, 5.74) is 2.19. The zero-order valence-corrected chi connectivity index (χ0v) is 19.6. The number of hydrogen-bond donors (Lipinski definition) is 2. The molecule has 2 aromatic rings. The second kappa shape index (κ2) is 10.2. The van der Waals surface area contributed by atoms with Crippen molar-refractivity contribution in [2.45, 2.75) is 13.3 Å². The number of rotatable bonds is 4. The second-order valence-corrected chi connectivity index (χ2v) is 8.53. The highest BCUT2D eigenvalue weighted by Crippen LogP contribution is 2.22. The normalized spacial score (nSPS) is 13.7. The summed E-state index contributed by atoms with van der Waals surface area (Å²) in [6.07, 6.45) is 0.546. The number of thiocarbonyl (C=S) groups is 1. The standard InChI is InChI=1S/C21H22BrClN4O2S/c1-2-19(28)27-11-9-26(10-12-27)16-6-4-15(5-7-16)24-21(30)25-20(29)17-13-14(22)3-8-18(17)23/h3-8,13H,2,9-12H2,1H3,(H2,24,25,29,30). The minimum atomic E-state index is -0.380. The molecule has 0 saturated carbocycles. The Balaban J connectivity index is 1.54. The van der Waals surface area contributed by atoms with Crippen molar-refractivity contribution < 1.29 is 9.59 Å². The lowest BCUT2D eigenvalue weighted by Gasteiger charge is -2.36. The maximum atomic E-state index is 12.4. The van der Waals surface area contributed by atoms with Gasteiger partial charge >= 0.3 is 0 Å². The van der Waals surface area contributed by atoms with Gasteiger partial charge in [0, 0.05) is 48.4 Å². The molecule has 3 rings (SSSR count). The fraction of sp³-hybridized carbons (Fsp3) is 0.286. The molecule has 2 aromatic carbocycles. The zero-order chi connectivity index (χ0) is 21.7. The first kappa shape index (κ1) is 22.5. The van der Waals surface area contributed by atoms with Gasteiger partial charge in [0.15, 0.2) is 5.11 Å². The van der Waals surface area contributed by atoms with E-state index in [2.05, 4.69) is 31.5 Å². The molecule has 1 saturated heterocycles. The number of amides is 2. The summed E-state index contributed by atoms with van der Waals surface area (Å²) in [6, 6.07) is 12.9. The van der Waals surface area contributed by atoms with E-state index in [4.69, 9.17) is 23.8 Å². The Morgan fingerprint density at radius 2 is 1.77 bits per heavy atom. The molecule has 2 amide bonds. The van der Waals surface area contributed by atoms with Crippen LogP contribution < -0.4 is 15.5 Å². The van der Waals surface area contributed by atoms with Crippen LogP contribution in [0.5, 0.6) is 0 Å². The van der Waals surface area contributed by atoms with E-state index in [0.717, 1.165) is 42.0 Å². The van der Waals surface area contributed by atoms with Crippen LogP contribution in [0.4, 0.5) is 11.4 Å². The third-order valence-corrected chi connectivity index (χ3v) is 5.85. The SMILES string of the molecule is CCC(=O)N1CCN(c2ccc(NC(=S)NC(=O)c3cc(Br)ccc3Cl)cc2)CC1. The minimum absolute atomic E-state index is 0.190. The van der Waals surface area contributed by atoms with Crippen molar-refractivity contribution in [3.05, 3.63) is 57.5 Å². The van der Waals surface area contributed by atoms with Gasteiger partial charge in [0.2, 0.25) is 5.91 Å². The Bertz CT molecular complexity index is 947. The van der Waals surface area contributed by atoms with Crippen molar-refractivity contribution in [1.29, 1.82) is 0 Å². The van der Waals surface area contributed by atoms with Crippen LogP contribution in [0.25, 0.3) is 0 Å². The highest BCUT2D eigenvalue weighted by molar-refractivity contribution is 9.10. The summed E-state index contributed by atoms with van der Waals surface area (Å²) >= 11 is 14.7. The van der Waals surface area contributed by atoms with Gasteiger partial charge in [-0.05, 0) is 54.7 Å². The summed E-state index contributed by atoms with van der Waals surface area (Å²) in [5, 5.41) is 6.19. The lowest BCUT2D eigenvalue weighted by atomic mass is 10.2. The van der Waals surface area contributed by atoms with Gasteiger partial charge in [-0.1, -0.05) is 34.5 Å². The van der Waals surface area contributed by atoms with Crippen molar-refractivity contribution in [3.63, 3.8) is 0 Å². The van der Waals surface area contributed by atoms with Crippen LogP contribution in [-0.4, -0.2) is 48.0 Å². The predicted molar refractivity (Wildman–Crippen MR) is 128 cm³/mol. The molecule has 6 nitrogen and oxygen atoms in total. The molecule has 0 bridgehead atoms. The van der Waals surface area contributed by atoms with Crippen LogP contribution in [0.2, 0.25) is 5.02 Å². The lowest BCUT2D eigenvalue weighted by molar-refractivity contribution is -0.131. The monoisotopic (exact) mass is 508 g/mol. The Labute approximate surface area is 194 Å². The van der Waals surface area contributed by atoms with Gasteiger partial charge in [-0.15, -0.1) is 0 Å². The molecule has 1 heterocycles. The van der Waals surface area contributed by atoms with Crippen molar-refractivity contribution in [2.75, 3.05) is 36.4 Å². The number of nitrogens with zero attached hydrogens (tertiary/aromatic N) is 2. The van der Waals surface area contributed by atoms with Crippen molar-refractivity contribution in [3.8, 4) is 0 Å². The average Bonchev–Trinajstić information content (AvgIpc) is 2.75. The topological polar surface area (TPSA) is 64.7 Å². The van der Waals surface area contributed by atoms with E-state index in [1.54, 1.807) is 18.2 Å². The maximum absolute atomic E-state index is 12.4. The van der Waals surface area contributed by atoms with Crippen molar-refractivity contribution in [1.82, 2.24) is 10.2 Å². The zero-order valence-electron chi connectivity index (χ0n) is 16.5. The van der Waals surface area contributed by atoms with Gasteiger partial charge in [-0.25, -0.2) is 0 Å². The van der Waals surface area contributed by atoms with Crippen LogP contribution in [-0.2, 0) is 4.79 Å². The molecule has 0 atom stereocenters. The molecule has 0 radical (unpaired) electrons. The third-order valence-electron chi connectivity index (χ3n) is 4.83. The van der Waals surface area contributed by atoms with Gasteiger partial charge in [-0.2, -0.15) is 0 Å². The molecule has 0 aliphatic carbocycles. The number of hydrogen-bond acceptors (Lipinski definition) is 4. The van der Waals surface area contributed by atoms with Gasteiger partial charge in [-0.3, -0.25) is 14.9 Å². The van der Waals surface area contributed by atoms with Gasteiger partial charge < -0.3 is 15.1 Å². The van der Waals surface area contributed by atoms with E-state index < -0.39 is 0 Å². The fourth-order valence-electron chi connectivity index (χ4n) is 3.20. The molecule has 0 spiro atoms. The minimum Gasteiger partial charge on any atom is -0.368 e. The third kappa shape index (κ3) is 5.71. The van der Waals surface area contributed by atoms with Crippen LogP contribution in [0.1, 0.15) is 23.7 Å². The summed E-state index contributed by atoms with van der Waals surface area (Å²) in [5.74, 6) is -0.177. The van der Waals surface area contributed by atoms with E-state index >= 15 is 0 Å². The molecule has 1 aliphatic heterocycles. The number of nitrogens with one attached hydrogen (secondary N) is 2. The number of carbonyl (C=O) groups excluding carboxylic acids is 2. The first-order valence-electron chi connectivity index (χ1n) is 9.57. The largest absolute Gasteiger partial charge is 0.368 e. The highest BCUT2D eigenvalue weighted by Gasteiger charge is 2.20. The molecular weight excluding hydrogens is 488 g/mol. The van der Waals surface area contributed by atoms with E-state index in [1.807, 2.05) is 36.1 Å². The Morgan fingerprint density at radius 1 is 1.10 bits per heavy atom. The quantitative estimate of drug-likeness (QED) is 0.602. The first-order chi connectivity index (χ1) is 14.4. The van der Waals surface area contributed by atoms with Gasteiger partial charge in [0.1, 0.15) is 0 Å². The van der Waals surface area contributed by atoms with E-state index in [-0.39, 0.29) is 16.9 Å². The molecule has 0 aromatic heterocycles. The van der Waals surface area contributed by atoms with Crippen molar-refractivity contribution >= 4 is 68.1 Å². The smallest absolute Gasteiger partial charge is 0.258 e. The molecule has 1 aliphatic rings. The Hall–Kier alpha value is -2.16. The molecule has 1 fully saturated rings. The van der Waals surface area contributed by atoms with E-state index in [1.165, 1.54) is 0 Å². The van der Waals surface area contributed by atoms with Crippen LogP contribution in [0.15, 0.2) is 46.9 Å². The summed E-state index contributed by atoms with van der Waals surface area (Å²) in [6.45, 7) is 4.98. The first-order valence-corrected chi connectivity index (χ1v) is 11.2. The molecule has 0 unspecified atom stereocenters. The van der Waals surface area contributed by atoms with Crippen molar-refractivity contribution in [2.24, 2.45) is 0 Å². The number of benzene rings is 2. The summed E-state index contributed by atoms with van der Waals surface area (Å²) in [7, 11) is 0. The van der Waals surface area contributed by atoms with Gasteiger partial charge in [0.05, 0.1) is 10.6 Å². The van der Waals surface area contributed by atoms with E-state index in [0.29, 0.717) is 17.0 Å². The number of carbonyl (C=O) groups is 2. The number of anilines is 2. The second-order valence-electron chi connectivity index (χ2n) is 6.80. The summed E-state index contributed by atoms with van der Waals surface area (Å²) < 4.78 is 0.756. The predicted octanol–water partition coefficient (Wildman–Crippen LogP) is 4.29. The highest BCUT2D eigenvalue weighted by atomic mass is 79.9. The van der Waals surface area contributed by atoms with E-state index in [9.17, 15) is 9.59 Å². The molecule has 158 valence electrons.